The normalized spacial score (nSPS) is 15.8. The van der Waals surface area contributed by atoms with E-state index in [1.54, 1.807) is 0 Å². The standard InChI is InChI=1S/C27H19N3O2S/c1-17-11-13-19(14-12-17)25-28-27-30(29-25)26(31)23(33-27)16-21-15-20-9-5-6-10-22(20)32-24(21)18-7-3-2-4-8-18/h2-16,24H,1H3/b23-16+. The number of thiazole rings is 1. The molecule has 0 fully saturated rings. The largest absolute Gasteiger partial charge is 0.480 e. The number of nitrogens with zero attached hydrogens (tertiary/aromatic N) is 3. The lowest BCUT2D eigenvalue weighted by atomic mass is 9.96. The van der Waals surface area contributed by atoms with Crippen LogP contribution >= 0.6 is 11.3 Å². The molecule has 0 bridgehead atoms. The highest BCUT2D eigenvalue weighted by Gasteiger charge is 2.23. The zero-order valence-corrected chi connectivity index (χ0v) is 18.6. The smallest absolute Gasteiger partial charge is 0.291 e. The van der Waals surface area contributed by atoms with Crippen molar-refractivity contribution in [2.75, 3.05) is 0 Å². The molecule has 6 rings (SSSR count). The molecule has 1 aliphatic rings. The highest BCUT2D eigenvalue weighted by molar-refractivity contribution is 7.15. The summed E-state index contributed by atoms with van der Waals surface area (Å²) in [6.07, 6.45) is 3.69. The molecular weight excluding hydrogens is 430 g/mol. The highest BCUT2D eigenvalue weighted by atomic mass is 32.1. The molecule has 5 aromatic rings. The molecule has 0 amide bonds. The third-order valence-corrected chi connectivity index (χ3v) is 6.64. The van der Waals surface area contributed by atoms with Gasteiger partial charge in [-0.1, -0.05) is 89.7 Å². The number of aromatic nitrogens is 3. The Bertz CT molecular complexity index is 1620. The van der Waals surface area contributed by atoms with E-state index in [0.29, 0.717) is 15.3 Å². The van der Waals surface area contributed by atoms with Crippen LogP contribution in [0.5, 0.6) is 5.75 Å². The number of ether oxygens (including phenoxy) is 1. The summed E-state index contributed by atoms with van der Waals surface area (Å²) in [6, 6.07) is 25.9. The van der Waals surface area contributed by atoms with Crippen molar-refractivity contribution in [3.05, 3.63) is 116 Å². The van der Waals surface area contributed by atoms with Crippen LogP contribution in [-0.2, 0) is 0 Å². The van der Waals surface area contributed by atoms with Crippen LogP contribution in [0.1, 0.15) is 22.8 Å². The average molecular weight is 450 g/mol. The van der Waals surface area contributed by atoms with Gasteiger partial charge in [-0.05, 0) is 36.3 Å². The molecule has 3 aromatic carbocycles. The molecule has 33 heavy (non-hydrogen) atoms. The first-order valence-electron chi connectivity index (χ1n) is 10.7. The fraction of sp³-hybridized carbons (Fsp3) is 0.0741. The lowest BCUT2D eigenvalue weighted by Crippen LogP contribution is -2.25. The van der Waals surface area contributed by atoms with Gasteiger partial charge in [-0.15, -0.1) is 5.10 Å². The van der Waals surface area contributed by atoms with Gasteiger partial charge in [-0.3, -0.25) is 4.79 Å². The summed E-state index contributed by atoms with van der Waals surface area (Å²) >= 11 is 1.34. The molecule has 6 heteroatoms. The van der Waals surface area contributed by atoms with E-state index in [2.05, 4.69) is 16.2 Å². The minimum atomic E-state index is -0.300. The minimum absolute atomic E-state index is 0.174. The topological polar surface area (TPSA) is 56.5 Å². The molecule has 2 aromatic heterocycles. The Morgan fingerprint density at radius 2 is 1.73 bits per heavy atom. The van der Waals surface area contributed by atoms with Gasteiger partial charge in [0.05, 0.1) is 4.53 Å². The Morgan fingerprint density at radius 1 is 0.970 bits per heavy atom. The quantitative estimate of drug-likeness (QED) is 0.395. The third-order valence-electron chi connectivity index (χ3n) is 5.68. The van der Waals surface area contributed by atoms with Crippen molar-refractivity contribution < 1.29 is 4.74 Å². The van der Waals surface area contributed by atoms with Gasteiger partial charge in [-0.25, -0.2) is 0 Å². The lowest BCUT2D eigenvalue weighted by Gasteiger charge is -2.26. The second-order valence-corrected chi connectivity index (χ2v) is 9.01. The Kier molecular flexibility index (Phi) is 4.66. The van der Waals surface area contributed by atoms with Crippen LogP contribution in [0.25, 0.3) is 28.5 Å². The van der Waals surface area contributed by atoms with E-state index in [9.17, 15) is 4.79 Å². The first-order valence-corrected chi connectivity index (χ1v) is 11.5. The van der Waals surface area contributed by atoms with Crippen LogP contribution in [-0.4, -0.2) is 14.6 Å². The van der Waals surface area contributed by atoms with Gasteiger partial charge in [0, 0.05) is 11.1 Å². The molecule has 0 saturated carbocycles. The van der Waals surface area contributed by atoms with Crippen LogP contribution in [0.2, 0.25) is 0 Å². The molecule has 0 N–H and O–H groups in total. The van der Waals surface area contributed by atoms with E-state index in [0.717, 1.165) is 28.0 Å². The Hall–Kier alpha value is -4.03. The van der Waals surface area contributed by atoms with E-state index < -0.39 is 0 Å². The number of rotatable bonds is 3. The summed E-state index contributed by atoms with van der Waals surface area (Å²) in [6.45, 7) is 2.03. The molecule has 0 saturated heterocycles. The molecule has 5 nitrogen and oxygen atoms in total. The zero-order valence-electron chi connectivity index (χ0n) is 17.8. The SMILES string of the molecule is Cc1ccc(-c2nc3s/c(=C/C4=Cc5ccccc5OC4c4ccccc4)c(=O)n3n2)cc1. The molecule has 3 heterocycles. The van der Waals surface area contributed by atoms with Crippen molar-refractivity contribution >= 4 is 28.4 Å². The van der Waals surface area contributed by atoms with Gasteiger partial charge < -0.3 is 4.74 Å². The summed E-state index contributed by atoms with van der Waals surface area (Å²) in [5, 5.41) is 4.47. The van der Waals surface area contributed by atoms with E-state index in [1.165, 1.54) is 21.4 Å². The van der Waals surface area contributed by atoms with E-state index in [1.807, 2.05) is 91.9 Å². The van der Waals surface area contributed by atoms with Crippen molar-refractivity contribution in [3.8, 4) is 17.1 Å². The first-order chi connectivity index (χ1) is 16.2. The summed E-state index contributed by atoms with van der Waals surface area (Å²) in [4.78, 5) is 18.3. The van der Waals surface area contributed by atoms with Crippen LogP contribution in [0, 0.1) is 6.92 Å². The maximum Gasteiger partial charge on any atom is 0.291 e. The number of hydrogen-bond acceptors (Lipinski definition) is 5. The minimum Gasteiger partial charge on any atom is -0.480 e. The highest BCUT2D eigenvalue weighted by Crippen LogP contribution is 2.37. The summed E-state index contributed by atoms with van der Waals surface area (Å²) in [7, 11) is 0. The molecule has 0 radical (unpaired) electrons. The maximum atomic E-state index is 13.2. The number of hydrogen-bond donors (Lipinski definition) is 0. The van der Waals surface area contributed by atoms with Crippen molar-refractivity contribution in [2.24, 2.45) is 0 Å². The fourth-order valence-electron chi connectivity index (χ4n) is 3.97. The summed E-state index contributed by atoms with van der Waals surface area (Å²) < 4.78 is 8.32. The summed E-state index contributed by atoms with van der Waals surface area (Å²) in [5.74, 6) is 1.39. The van der Waals surface area contributed by atoms with Crippen molar-refractivity contribution in [2.45, 2.75) is 13.0 Å². The summed E-state index contributed by atoms with van der Waals surface area (Å²) in [5.41, 5.74) is 4.82. The second kappa shape index (κ2) is 7.83. The van der Waals surface area contributed by atoms with Gasteiger partial charge in [0.1, 0.15) is 11.9 Å². The van der Waals surface area contributed by atoms with Crippen LogP contribution in [0.4, 0.5) is 0 Å². The number of fused-ring (bicyclic) bond motifs is 2. The number of para-hydroxylation sites is 1. The van der Waals surface area contributed by atoms with E-state index in [-0.39, 0.29) is 11.7 Å². The fourth-order valence-corrected chi connectivity index (χ4v) is 4.88. The monoisotopic (exact) mass is 449 g/mol. The predicted octanol–water partition coefficient (Wildman–Crippen LogP) is 4.84. The van der Waals surface area contributed by atoms with Gasteiger partial charge in [0.2, 0.25) is 4.96 Å². The van der Waals surface area contributed by atoms with Gasteiger partial charge in [-0.2, -0.15) is 9.50 Å². The van der Waals surface area contributed by atoms with Crippen molar-refractivity contribution in [1.82, 2.24) is 14.6 Å². The molecule has 1 aliphatic heterocycles. The number of benzene rings is 3. The Labute approximate surface area is 193 Å². The van der Waals surface area contributed by atoms with Crippen molar-refractivity contribution in [1.29, 1.82) is 0 Å². The van der Waals surface area contributed by atoms with Gasteiger partial charge >= 0.3 is 0 Å². The van der Waals surface area contributed by atoms with Crippen LogP contribution in [0.15, 0.2) is 89.2 Å². The molecule has 0 aliphatic carbocycles. The van der Waals surface area contributed by atoms with E-state index in [4.69, 9.17) is 4.74 Å². The zero-order chi connectivity index (χ0) is 22.4. The third kappa shape index (κ3) is 3.54. The lowest BCUT2D eigenvalue weighted by molar-refractivity contribution is 0.244. The predicted molar refractivity (Wildman–Crippen MR) is 131 cm³/mol. The maximum absolute atomic E-state index is 13.2. The average Bonchev–Trinajstić information content (AvgIpc) is 3.39. The second-order valence-electron chi connectivity index (χ2n) is 8.00. The molecular formula is C27H19N3O2S. The van der Waals surface area contributed by atoms with Crippen LogP contribution in [0.3, 0.4) is 0 Å². The Morgan fingerprint density at radius 3 is 2.52 bits per heavy atom. The molecule has 0 spiro atoms. The molecule has 160 valence electrons. The van der Waals surface area contributed by atoms with Crippen LogP contribution < -0.4 is 14.8 Å². The van der Waals surface area contributed by atoms with E-state index >= 15 is 0 Å². The van der Waals surface area contributed by atoms with Gasteiger partial charge in [0.25, 0.3) is 5.56 Å². The van der Waals surface area contributed by atoms with Gasteiger partial charge in [0.15, 0.2) is 5.82 Å². The number of aryl methyl sites for hydroxylation is 1. The molecule has 1 unspecified atom stereocenters. The Balaban J connectivity index is 1.46. The van der Waals surface area contributed by atoms with Crippen molar-refractivity contribution in [3.63, 3.8) is 0 Å². The molecule has 1 atom stereocenters. The first kappa shape index (κ1) is 19.6.